The van der Waals surface area contributed by atoms with E-state index in [0.717, 1.165) is 23.0 Å². The highest BCUT2D eigenvalue weighted by Crippen LogP contribution is 2.55. The summed E-state index contributed by atoms with van der Waals surface area (Å²) >= 11 is 3.77. The summed E-state index contributed by atoms with van der Waals surface area (Å²) < 4.78 is 6.43. The zero-order chi connectivity index (χ0) is 19.1. The fourth-order valence-corrected chi connectivity index (χ4v) is 5.30. The van der Waals surface area contributed by atoms with E-state index in [2.05, 4.69) is 45.5 Å². The Kier molecular flexibility index (Phi) is 4.50. The van der Waals surface area contributed by atoms with Crippen LogP contribution in [0.2, 0.25) is 0 Å². The smallest absolute Gasteiger partial charge is 0.329 e. The first-order valence-electron chi connectivity index (χ1n) is 9.12. The maximum atomic E-state index is 12.2. The highest BCUT2D eigenvalue weighted by atomic mass is 79.9. The maximum absolute atomic E-state index is 12.2. The summed E-state index contributed by atoms with van der Waals surface area (Å²) in [5.41, 5.74) is 2.23. The first-order chi connectivity index (χ1) is 13.0. The Hall–Kier alpha value is -2.27. The summed E-state index contributed by atoms with van der Waals surface area (Å²) in [6.45, 7) is 0. The fraction of sp³-hybridized carbons (Fsp3) is 0.318. The van der Waals surface area contributed by atoms with Gasteiger partial charge in [-0.1, -0.05) is 46.3 Å². The molecule has 4 rings (SSSR count). The number of methoxy groups -OCH3 is 1. The molecule has 0 unspecified atom stereocenters. The van der Waals surface area contributed by atoms with Crippen LogP contribution >= 0.6 is 15.9 Å². The summed E-state index contributed by atoms with van der Waals surface area (Å²) in [5, 5.41) is 13.3. The highest BCUT2D eigenvalue weighted by Gasteiger charge is 2.51. The van der Waals surface area contributed by atoms with E-state index in [0.29, 0.717) is 18.6 Å². The molecule has 0 atom stereocenters. The number of hydrogen-bond acceptors (Lipinski definition) is 3. The Labute approximate surface area is 167 Å². The Bertz CT molecular complexity index is 913. The predicted octanol–water partition coefficient (Wildman–Crippen LogP) is 5.19. The molecule has 1 spiro atoms. The summed E-state index contributed by atoms with van der Waals surface area (Å²) in [6, 6.07) is 15.9. The standard InChI is InChI=1S/C22H22BrNO3/c1-27-17-7-4-6-16(14-17)24-22(20(25)26)11-9-21(10-12-22)18-8-3-2-5-15(18)13-19(21)23/h2-8,13-14,24H,9-12H2,1H3,(H,25,26). The number of carboxylic acids is 1. The molecule has 2 aliphatic rings. The number of carboxylic acid groups (broad SMARTS) is 1. The lowest BCUT2D eigenvalue weighted by atomic mass is 9.65. The molecule has 0 radical (unpaired) electrons. The van der Waals surface area contributed by atoms with Gasteiger partial charge in [0.15, 0.2) is 0 Å². The lowest BCUT2D eigenvalue weighted by Crippen LogP contribution is -2.51. The van der Waals surface area contributed by atoms with Crippen LogP contribution < -0.4 is 10.1 Å². The number of allylic oxidation sites excluding steroid dienone is 1. The molecule has 2 aliphatic carbocycles. The molecule has 0 saturated heterocycles. The van der Waals surface area contributed by atoms with Crippen molar-refractivity contribution in [3.63, 3.8) is 0 Å². The second kappa shape index (κ2) is 6.71. The minimum atomic E-state index is -0.970. The average molecular weight is 428 g/mol. The first kappa shape index (κ1) is 18.1. The second-order valence-corrected chi connectivity index (χ2v) is 8.26. The zero-order valence-corrected chi connectivity index (χ0v) is 16.8. The van der Waals surface area contributed by atoms with Crippen molar-refractivity contribution in [2.45, 2.75) is 36.6 Å². The molecule has 0 aliphatic heterocycles. The van der Waals surface area contributed by atoms with Gasteiger partial charge >= 0.3 is 5.97 Å². The molecule has 2 aromatic carbocycles. The molecular formula is C22H22BrNO3. The van der Waals surface area contributed by atoms with Crippen molar-refractivity contribution in [3.8, 4) is 5.75 Å². The van der Waals surface area contributed by atoms with Crippen molar-refractivity contribution in [1.82, 2.24) is 0 Å². The largest absolute Gasteiger partial charge is 0.497 e. The van der Waals surface area contributed by atoms with Crippen LogP contribution in [0.25, 0.3) is 6.08 Å². The lowest BCUT2D eigenvalue weighted by Gasteiger charge is -2.44. The van der Waals surface area contributed by atoms with E-state index in [4.69, 9.17) is 4.74 Å². The van der Waals surface area contributed by atoms with Gasteiger partial charge in [-0.15, -0.1) is 0 Å². The van der Waals surface area contributed by atoms with Gasteiger partial charge < -0.3 is 15.2 Å². The summed E-state index contributed by atoms with van der Waals surface area (Å²) in [4.78, 5) is 12.2. The van der Waals surface area contributed by atoms with Gasteiger partial charge in [0.1, 0.15) is 11.3 Å². The van der Waals surface area contributed by atoms with Crippen LogP contribution in [-0.4, -0.2) is 23.7 Å². The van der Waals surface area contributed by atoms with Crippen molar-refractivity contribution >= 4 is 33.7 Å². The number of aliphatic carboxylic acids is 1. The van der Waals surface area contributed by atoms with Crippen LogP contribution in [0.1, 0.15) is 36.8 Å². The Balaban J connectivity index is 1.62. The third kappa shape index (κ3) is 2.94. The van der Waals surface area contributed by atoms with Crippen molar-refractivity contribution in [3.05, 3.63) is 64.1 Å². The molecule has 0 bridgehead atoms. The Morgan fingerprint density at radius 1 is 1.11 bits per heavy atom. The fourth-order valence-electron chi connectivity index (χ4n) is 4.44. The molecule has 0 aromatic heterocycles. The van der Waals surface area contributed by atoms with Crippen LogP contribution in [0.3, 0.4) is 0 Å². The molecule has 2 N–H and O–H groups in total. The van der Waals surface area contributed by atoms with Crippen LogP contribution in [-0.2, 0) is 10.2 Å². The number of carbonyl (C=O) groups is 1. The molecular weight excluding hydrogens is 406 g/mol. The van der Waals surface area contributed by atoms with E-state index < -0.39 is 11.5 Å². The van der Waals surface area contributed by atoms with E-state index in [1.165, 1.54) is 11.1 Å². The minimum absolute atomic E-state index is 0.106. The van der Waals surface area contributed by atoms with Crippen molar-refractivity contribution in [2.24, 2.45) is 0 Å². The van der Waals surface area contributed by atoms with Crippen molar-refractivity contribution in [1.29, 1.82) is 0 Å². The Morgan fingerprint density at radius 3 is 2.56 bits per heavy atom. The average Bonchev–Trinajstić information content (AvgIpc) is 2.95. The summed E-state index contributed by atoms with van der Waals surface area (Å²) in [7, 11) is 1.61. The topological polar surface area (TPSA) is 58.6 Å². The highest BCUT2D eigenvalue weighted by molar-refractivity contribution is 9.11. The molecule has 1 saturated carbocycles. The van der Waals surface area contributed by atoms with E-state index in [1.807, 2.05) is 30.3 Å². The van der Waals surface area contributed by atoms with Gasteiger partial charge in [-0.05, 0) is 55.0 Å². The van der Waals surface area contributed by atoms with E-state index >= 15 is 0 Å². The van der Waals surface area contributed by atoms with Crippen molar-refractivity contribution < 1.29 is 14.6 Å². The number of rotatable bonds is 4. The molecule has 27 heavy (non-hydrogen) atoms. The third-order valence-corrected chi connectivity index (χ3v) is 7.02. The normalized spacial score (nSPS) is 26.4. The van der Waals surface area contributed by atoms with Crippen LogP contribution in [0.15, 0.2) is 53.0 Å². The monoisotopic (exact) mass is 427 g/mol. The third-order valence-electron chi connectivity index (χ3n) is 6.04. The number of hydrogen-bond donors (Lipinski definition) is 2. The van der Waals surface area contributed by atoms with Gasteiger partial charge in [0.25, 0.3) is 0 Å². The SMILES string of the molecule is COc1cccc(NC2(C(=O)O)CCC3(CC2)C(Br)=Cc2ccccc23)c1. The lowest BCUT2D eigenvalue weighted by molar-refractivity contribution is -0.143. The van der Waals surface area contributed by atoms with Crippen LogP contribution in [0.5, 0.6) is 5.75 Å². The van der Waals surface area contributed by atoms with E-state index in [9.17, 15) is 9.90 Å². The second-order valence-electron chi connectivity index (χ2n) is 7.41. The van der Waals surface area contributed by atoms with Gasteiger partial charge in [0, 0.05) is 21.7 Å². The van der Waals surface area contributed by atoms with Gasteiger partial charge in [-0.3, -0.25) is 0 Å². The maximum Gasteiger partial charge on any atom is 0.329 e. The van der Waals surface area contributed by atoms with Crippen LogP contribution in [0, 0.1) is 0 Å². The Morgan fingerprint density at radius 2 is 1.85 bits per heavy atom. The van der Waals surface area contributed by atoms with Gasteiger partial charge in [0.05, 0.1) is 7.11 Å². The summed E-state index contributed by atoms with van der Waals surface area (Å²) in [6.07, 6.45) is 4.85. The minimum Gasteiger partial charge on any atom is -0.497 e. The van der Waals surface area contributed by atoms with E-state index in [1.54, 1.807) is 7.11 Å². The zero-order valence-electron chi connectivity index (χ0n) is 15.2. The number of fused-ring (bicyclic) bond motifs is 2. The molecule has 5 heteroatoms. The molecule has 140 valence electrons. The first-order valence-corrected chi connectivity index (χ1v) is 9.91. The molecule has 0 amide bonds. The number of anilines is 1. The number of ether oxygens (including phenoxy) is 1. The number of nitrogens with one attached hydrogen (secondary N) is 1. The van der Waals surface area contributed by atoms with Gasteiger partial charge in [-0.2, -0.15) is 0 Å². The molecule has 2 aromatic rings. The number of halogens is 1. The van der Waals surface area contributed by atoms with E-state index in [-0.39, 0.29) is 5.41 Å². The summed E-state index contributed by atoms with van der Waals surface area (Å²) in [5.74, 6) is -0.0882. The number of benzene rings is 2. The molecule has 0 heterocycles. The van der Waals surface area contributed by atoms with Gasteiger partial charge in [-0.25, -0.2) is 4.79 Å². The van der Waals surface area contributed by atoms with Crippen molar-refractivity contribution in [2.75, 3.05) is 12.4 Å². The molecule has 1 fully saturated rings. The van der Waals surface area contributed by atoms with Crippen LogP contribution in [0.4, 0.5) is 5.69 Å². The van der Waals surface area contributed by atoms with Gasteiger partial charge in [0.2, 0.25) is 0 Å². The predicted molar refractivity (Wildman–Crippen MR) is 110 cm³/mol. The molecule has 4 nitrogen and oxygen atoms in total. The quantitative estimate of drug-likeness (QED) is 0.704.